The van der Waals surface area contributed by atoms with Gasteiger partial charge in [-0.25, -0.2) is 0 Å². The number of aromatic nitrogens is 1. The molecule has 1 N–H and O–H groups in total. The van der Waals surface area contributed by atoms with Gasteiger partial charge in [0.1, 0.15) is 5.75 Å². The molecule has 100 valence electrons. The van der Waals surface area contributed by atoms with E-state index in [0.717, 1.165) is 22.5 Å². The van der Waals surface area contributed by atoms with E-state index in [-0.39, 0.29) is 6.04 Å². The Morgan fingerprint density at radius 2 is 2.16 bits per heavy atom. The molecule has 3 nitrogen and oxygen atoms in total. The molecule has 0 saturated carbocycles. The summed E-state index contributed by atoms with van der Waals surface area (Å²) in [6, 6.07) is 12.3. The maximum Gasteiger partial charge on any atom is 0.133 e. The third-order valence-corrected chi connectivity index (χ3v) is 3.58. The lowest BCUT2D eigenvalue weighted by atomic mass is 10.1. The highest BCUT2D eigenvalue weighted by Gasteiger charge is 2.06. The summed E-state index contributed by atoms with van der Waals surface area (Å²) in [5.74, 6) is 0.849. The first-order valence-electron chi connectivity index (χ1n) is 6.17. The summed E-state index contributed by atoms with van der Waals surface area (Å²) in [6.07, 6.45) is 1.82. The summed E-state index contributed by atoms with van der Waals surface area (Å²) in [5, 5.41) is 3.46. The zero-order valence-corrected chi connectivity index (χ0v) is 12.6. The normalized spacial score (nSPS) is 12.2. The summed E-state index contributed by atoms with van der Waals surface area (Å²) in [5.41, 5.74) is 2.26. The van der Waals surface area contributed by atoms with Crippen LogP contribution in [0.2, 0.25) is 0 Å². The topological polar surface area (TPSA) is 34.1 Å². The maximum absolute atomic E-state index is 5.22. The molecule has 1 aromatic carbocycles. The predicted octanol–water partition coefficient (Wildman–Crippen LogP) is 3.70. The molecule has 0 aliphatic carbocycles. The zero-order valence-electron chi connectivity index (χ0n) is 11.1. The van der Waals surface area contributed by atoms with Gasteiger partial charge in [-0.05, 0) is 52.7 Å². The standard InChI is InChI=1S/C15H17BrN2O/c1-11(14-5-3-4-8-17-14)18-10-12-6-7-15(19-2)13(16)9-12/h3-9,11,18H,10H2,1-2H3. The van der Waals surface area contributed by atoms with Crippen LogP contribution < -0.4 is 10.1 Å². The van der Waals surface area contributed by atoms with Crippen LogP contribution in [0.5, 0.6) is 5.75 Å². The van der Waals surface area contributed by atoms with Crippen LogP contribution in [0.25, 0.3) is 0 Å². The van der Waals surface area contributed by atoms with Crippen molar-refractivity contribution in [3.63, 3.8) is 0 Å². The molecule has 1 atom stereocenters. The van der Waals surface area contributed by atoms with E-state index in [0.29, 0.717) is 0 Å². The molecule has 0 aliphatic heterocycles. The maximum atomic E-state index is 5.22. The van der Waals surface area contributed by atoms with Crippen molar-refractivity contribution in [3.05, 3.63) is 58.3 Å². The Bertz CT molecular complexity index is 531. The van der Waals surface area contributed by atoms with Crippen LogP contribution in [0.1, 0.15) is 24.2 Å². The molecule has 0 radical (unpaired) electrons. The van der Waals surface area contributed by atoms with Gasteiger partial charge in [-0.3, -0.25) is 4.98 Å². The Hall–Kier alpha value is -1.39. The molecule has 0 bridgehead atoms. The monoisotopic (exact) mass is 320 g/mol. The van der Waals surface area contributed by atoms with E-state index < -0.39 is 0 Å². The third-order valence-electron chi connectivity index (χ3n) is 2.96. The number of hydrogen-bond acceptors (Lipinski definition) is 3. The summed E-state index contributed by atoms with van der Waals surface area (Å²) < 4.78 is 6.19. The van der Waals surface area contributed by atoms with Gasteiger partial charge in [-0.1, -0.05) is 12.1 Å². The van der Waals surface area contributed by atoms with Gasteiger partial charge in [0.2, 0.25) is 0 Å². The number of nitrogens with zero attached hydrogens (tertiary/aromatic N) is 1. The average Bonchev–Trinajstić information content (AvgIpc) is 2.46. The molecule has 1 aromatic heterocycles. The molecular weight excluding hydrogens is 304 g/mol. The van der Waals surface area contributed by atoms with E-state index in [1.54, 1.807) is 7.11 Å². The van der Waals surface area contributed by atoms with E-state index in [9.17, 15) is 0 Å². The lowest BCUT2D eigenvalue weighted by molar-refractivity contribution is 0.412. The number of halogens is 1. The van der Waals surface area contributed by atoms with Crippen molar-refractivity contribution in [2.24, 2.45) is 0 Å². The lowest BCUT2D eigenvalue weighted by Gasteiger charge is -2.14. The van der Waals surface area contributed by atoms with Gasteiger partial charge in [0, 0.05) is 18.8 Å². The summed E-state index contributed by atoms with van der Waals surface area (Å²) in [6.45, 7) is 2.90. The van der Waals surface area contributed by atoms with Crippen molar-refractivity contribution in [2.45, 2.75) is 19.5 Å². The fourth-order valence-electron chi connectivity index (χ4n) is 1.83. The molecule has 0 fully saturated rings. The molecule has 0 spiro atoms. The van der Waals surface area contributed by atoms with Crippen LogP contribution in [0.15, 0.2) is 47.1 Å². The van der Waals surface area contributed by atoms with Crippen molar-refractivity contribution in [1.82, 2.24) is 10.3 Å². The first-order chi connectivity index (χ1) is 9.20. The van der Waals surface area contributed by atoms with Crippen molar-refractivity contribution < 1.29 is 4.74 Å². The van der Waals surface area contributed by atoms with Crippen molar-refractivity contribution >= 4 is 15.9 Å². The Morgan fingerprint density at radius 1 is 1.32 bits per heavy atom. The highest BCUT2D eigenvalue weighted by atomic mass is 79.9. The van der Waals surface area contributed by atoms with E-state index in [1.807, 2.05) is 30.5 Å². The number of hydrogen-bond donors (Lipinski definition) is 1. The van der Waals surface area contributed by atoms with Gasteiger partial charge in [-0.2, -0.15) is 0 Å². The summed E-state index contributed by atoms with van der Waals surface area (Å²) >= 11 is 3.49. The predicted molar refractivity (Wildman–Crippen MR) is 80.2 cm³/mol. The van der Waals surface area contributed by atoms with Gasteiger partial charge < -0.3 is 10.1 Å². The second kappa shape index (κ2) is 6.68. The highest BCUT2D eigenvalue weighted by molar-refractivity contribution is 9.10. The minimum atomic E-state index is 0.224. The van der Waals surface area contributed by atoms with Gasteiger partial charge in [0.15, 0.2) is 0 Å². The molecule has 1 unspecified atom stereocenters. The van der Waals surface area contributed by atoms with E-state index in [1.165, 1.54) is 5.56 Å². The molecular formula is C15H17BrN2O. The minimum absolute atomic E-state index is 0.224. The van der Waals surface area contributed by atoms with E-state index in [2.05, 4.69) is 45.3 Å². The molecule has 4 heteroatoms. The number of pyridine rings is 1. The average molecular weight is 321 g/mol. The first kappa shape index (κ1) is 14.0. The van der Waals surface area contributed by atoms with Crippen molar-refractivity contribution in [1.29, 1.82) is 0 Å². The SMILES string of the molecule is COc1ccc(CNC(C)c2ccccn2)cc1Br. The van der Waals surface area contributed by atoms with Crippen LogP contribution in [0.4, 0.5) is 0 Å². The van der Waals surface area contributed by atoms with Crippen LogP contribution in [-0.2, 0) is 6.54 Å². The number of nitrogens with one attached hydrogen (secondary N) is 1. The fourth-order valence-corrected chi connectivity index (χ4v) is 2.42. The lowest BCUT2D eigenvalue weighted by Crippen LogP contribution is -2.18. The Morgan fingerprint density at radius 3 is 2.79 bits per heavy atom. The Kier molecular flexibility index (Phi) is 4.93. The van der Waals surface area contributed by atoms with Crippen LogP contribution in [0, 0.1) is 0 Å². The van der Waals surface area contributed by atoms with E-state index >= 15 is 0 Å². The number of ether oxygens (including phenoxy) is 1. The smallest absolute Gasteiger partial charge is 0.133 e. The molecule has 0 amide bonds. The number of benzene rings is 1. The fraction of sp³-hybridized carbons (Fsp3) is 0.267. The van der Waals surface area contributed by atoms with Gasteiger partial charge in [-0.15, -0.1) is 0 Å². The summed E-state index contributed by atoms with van der Waals surface area (Å²) in [4.78, 5) is 4.34. The minimum Gasteiger partial charge on any atom is -0.496 e. The third kappa shape index (κ3) is 3.78. The number of methoxy groups -OCH3 is 1. The molecule has 19 heavy (non-hydrogen) atoms. The Balaban J connectivity index is 1.97. The largest absolute Gasteiger partial charge is 0.496 e. The van der Waals surface area contributed by atoms with Gasteiger partial charge >= 0.3 is 0 Å². The zero-order chi connectivity index (χ0) is 13.7. The molecule has 0 aliphatic rings. The molecule has 1 heterocycles. The van der Waals surface area contributed by atoms with Crippen LogP contribution >= 0.6 is 15.9 Å². The second-order valence-corrected chi connectivity index (χ2v) is 5.18. The van der Waals surface area contributed by atoms with Crippen LogP contribution in [-0.4, -0.2) is 12.1 Å². The molecule has 0 saturated heterocycles. The van der Waals surface area contributed by atoms with E-state index in [4.69, 9.17) is 4.74 Å². The highest BCUT2D eigenvalue weighted by Crippen LogP contribution is 2.25. The van der Waals surface area contributed by atoms with Gasteiger partial charge in [0.05, 0.1) is 17.3 Å². The summed E-state index contributed by atoms with van der Waals surface area (Å²) in [7, 11) is 1.67. The number of rotatable bonds is 5. The molecule has 2 rings (SSSR count). The van der Waals surface area contributed by atoms with Gasteiger partial charge in [0.25, 0.3) is 0 Å². The van der Waals surface area contributed by atoms with Crippen LogP contribution in [0.3, 0.4) is 0 Å². The first-order valence-corrected chi connectivity index (χ1v) is 6.96. The Labute approximate surface area is 122 Å². The molecule has 2 aromatic rings. The second-order valence-electron chi connectivity index (χ2n) is 4.33. The van der Waals surface area contributed by atoms with Crippen molar-refractivity contribution in [3.8, 4) is 5.75 Å². The quantitative estimate of drug-likeness (QED) is 0.912. The van der Waals surface area contributed by atoms with Crippen molar-refractivity contribution in [2.75, 3.05) is 7.11 Å².